The highest BCUT2D eigenvalue weighted by Crippen LogP contribution is 2.24. The van der Waals surface area contributed by atoms with Gasteiger partial charge in [-0.15, -0.1) is 0 Å². The maximum absolute atomic E-state index is 12.0. The molecule has 0 bridgehead atoms. The van der Waals surface area contributed by atoms with Crippen LogP contribution in [0.3, 0.4) is 0 Å². The zero-order chi connectivity index (χ0) is 13.1. The van der Waals surface area contributed by atoms with E-state index in [1.807, 2.05) is 13.8 Å². The molecule has 0 N–H and O–H groups in total. The Bertz CT molecular complexity index is 458. The molecule has 0 saturated carbocycles. The van der Waals surface area contributed by atoms with Crippen LogP contribution in [0.25, 0.3) is 0 Å². The van der Waals surface area contributed by atoms with Crippen molar-refractivity contribution < 1.29 is 12.6 Å². The number of benzene rings is 1. The summed E-state index contributed by atoms with van der Waals surface area (Å²) in [6, 6.07) is 6.69. The van der Waals surface area contributed by atoms with E-state index in [0.717, 1.165) is 12.0 Å². The average Bonchev–Trinajstić information content (AvgIpc) is 2.16. The molecule has 0 fully saturated rings. The highest BCUT2D eigenvalue weighted by atomic mass is 32.2. The van der Waals surface area contributed by atoms with E-state index in [1.54, 1.807) is 38.1 Å². The maximum atomic E-state index is 12.0. The first-order valence-corrected chi connectivity index (χ1v) is 7.20. The van der Waals surface area contributed by atoms with E-state index in [1.165, 1.54) is 0 Å². The molecule has 0 saturated heterocycles. The van der Waals surface area contributed by atoms with Crippen LogP contribution in [-0.2, 0) is 14.3 Å². The van der Waals surface area contributed by atoms with E-state index in [9.17, 15) is 8.42 Å². The standard InChI is InChI=1S/C13H20O3S/c1-5-10-13(3,4)16-17(14,15)12-8-6-11(2)7-9-12/h6-9H,5,10H2,1-4H3. The summed E-state index contributed by atoms with van der Waals surface area (Å²) < 4.78 is 29.3. The lowest BCUT2D eigenvalue weighted by Gasteiger charge is -2.23. The van der Waals surface area contributed by atoms with Gasteiger partial charge in [0.05, 0.1) is 10.5 Å². The fraction of sp³-hybridized carbons (Fsp3) is 0.538. The van der Waals surface area contributed by atoms with Crippen molar-refractivity contribution in [1.29, 1.82) is 0 Å². The van der Waals surface area contributed by atoms with Crippen molar-refractivity contribution in [2.75, 3.05) is 0 Å². The maximum Gasteiger partial charge on any atom is 0.297 e. The molecule has 3 nitrogen and oxygen atoms in total. The second kappa shape index (κ2) is 5.19. The number of rotatable bonds is 5. The summed E-state index contributed by atoms with van der Waals surface area (Å²) in [5.41, 5.74) is 0.370. The molecule has 0 amide bonds. The van der Waals surface area contributed by atoms with Gasteiger partial charge < -0.3 is 0 Å². The largest absolute Gasteiger partial charge is 0.297 e. The first-order chi connectivity index (χ1) is 7.77. The second-order valence-corrected chi connectivity index (χ2v) is 6.41. The van der Waals surface area contributed by atoms with Gasteiger partial charge in [-0.25, -0.2) is 0 Å². The van der Waals surface area contributed by atoms with Crippen molar-refractivity contribution >= 4 is 10.1 Å². The fourth-order valence-electron chi connectivity index (χ4n) is 1.69. The summed E-state index contributed by atoms with van der Waals surface area (Å²) in [6.45, 7) is 7.51. The number of hydrogen-bond donors (Lipinski definition) is 0. The minimum atomic E-state index is -3.66. The topological polar surface area (TPSA) is 43.4 Å². The third-order valence-electron chi connectivity index (χ3n) is 2.50. The van der Waals surface area contributed by atoms with Crippen LogP contribution in [-0.4, -0.2) is 14.0 Å². The van der Waals surface area contributed by atoms with Crippen molar-refractivity contribution in [3.05, 3.63) is 29.8 Å². The molecular weight excluding hydrogens is 236 g/mol. The highest BCUT2D eigenvalue weighted by molar-refractivity contribution is 7.86. The second-order valence-electron chi connectivity index (χ2n) is 4.86. The van der Waals surface area contributed by atoms with E-state index in [-0.39, 0.29) is 4.90 Å². The zero-order valence-electron chi connectivity index (χ0n) is 10.9. The van der Waals surface area contributed by atoms with Crippen LogP contribution in [0.2, 0.25) is 0 Å². The van der Waals surface area contributed by atoms with Crippen LogP contribution in [0, 0.1) is 6.92 Å². The highest BCUT2D eigenvalue weighted by Gasteiger charge is 2.27. The summed E-state index contributed by atoms with van der Waals surface area (Å²) in [5, 5.41) is 0. The Morgan fingerprint density at radius 3 is 2.18 bits per heavy atom. The Labute approximate surface area is 104 Å². The molecule has 1 aromatic rings. The molecule has 0 atom stereocenters. The summed E-state index contributed by atoms with van der Waals surface area (Å²) in [6.07, 6.45) is 1.59. The minimum Gasteiger partial charge on any atom is -0.260 e. The molecule has 0 aliphatic rings. The van der Waals surface area contributed by atoms with E-state index in [2.05, 4.69) is 0 Å². The Morgan fingerprint density at radius 2 is 1.71 bits per heavy atom. The van der Waals surface area contributed by atoms with Gasteiger partial charge in [-0.3, -0.25) is 4.18 Å². The SMILES string of the molecule is CCCC(C)(C)OS(=O)(=O)c1ccc(C)cc1. The first-order valence-electron chi connectivity index (χ1n) is 5.79. The van der Waals surface area contributed by atoms with Gasteiger partial charge in [-0.1, -0.05) is 31.0 Å². The Hall–Kier alpha value is -0.870. The van der Waals surface area contributed by atoms with Crippen LogP contribution in [0.4, 0.5) is 0 Å². The molecule has 1 rings (SSSR count). The quantitative estimate of drug-likeness (QED) is 0.759. The molecule has 4 heteroatoms. The molecular formula is C13H20O3S. The number of aryl methyl sites for hydroxylation is 1. The van der Waals surface area contributed by atoms with Gasteiger partial charge in [0.15, 0.2) is 0 Å². The van der Waals surface area contributed by atoms with E-state index >= 15 is 0 Å². The monoisotopic (exact) mass is 256 g/mol. The molecule has 0 unspecified atom stereocenters. The van der Waals surface area contributed by atoms with E-state index < -0.39 is 15.7 Å². The van der Waals surface area contributed by atoms with E-state index in [4.69, 9.17) is 4.18 Å². The predicted octanol–water partition coefficient (Wildman–Crippen LogP) is 3.28. The van der Waals surface area contributed by atoms with Crippen LogP contribution in [0.15, 0.2) is 29.2 Å². The average molecular weight is 256 g/mol. The third-order valence-corrected chi connectivity index (χ3v) is 4.02. The minimum absolute atomic E-state index is 0.215. The molecule has 96 valence electrons. The Morgan fingerprint density at radius 1 is 1.18 bits per heavy atom. The molecule has 0 radical (unpaired) electrons. The van der Waals surface area contributed by atoms with Crippen LogP contribution in [0.5, 0.6) is 0 Å². The lowest BCUT2D eigenvalue weighted by Crippen LogP contribution is -2.27. The van der Waals surface area contributed by atoms with Gasteiger partial charge >= 0.3 is 0 Å². The van der Waals surface area contributed by atoms with Gasteiger partial charge in [-0.05, 0) is 39.3 Å². The first kappa shape index (κ1) is 14.2. The summed E-state index contributed by atoms with van der Waals surface area (Å²) >= 11 is 0. The normalized spacial score (nSPS) is 12.7. The van der Waals surface area contributed by atoms with Crippen LogP contribution >= 0.6 is 0 Å². The van der Waals surface area contributed by atoms with Crippen molar-refractivity contribution in [3.8, 4) is 0 Å². The van der Waals surface area contributed by atoms with Crippen molar-refractivity contribution in [2.24, 2.45) is 0 Å². The third kappa shape index (κ3) is 4.13. The van der Waals surface area contributed by atoms with Crippen molar-refractivity contribution in [3.63, 3.8) is 0 Å². The summed E-state index contributed by atoms with van der Waals surface area (Å²) in [7, 11) is -3.66. The summed E-state index contributed by atoms with van der Waals surface area (Å²) in [5.74, 6) is 0. The molecule has 0 aliphatic carbocycles. The van der Waals surface area contributed by atoms with Crippen molar-refractivity contribution in [1.82, 2.24) is 0 Å². The van der Waals surface area contributed by atoms with Crippen molar-refractivity contribution in [2.45, 2.75) is 51.0 Å². The molecule has 0 aromatic heterocycles. The predicted molar refractivity (Wildman–Crippen MR) is 68.4 cm³/mol. The van der Waals surface area contributed by atoms with Gasteiger partial charge in [0.1, 0.15) is 0 Å². The van der Waals surface area contributed by atoms with Gasteiger partial charge in [-0.2, -0.15) is 8.42 Å². The molecule has 17 heavy (non-hydrogen) atoms. The Balaban J connectivity index is 2.93. The van der Waals surface area contributed by atoms with Gasteiger partial charge in [0.2, 0.25) is 0 Å². The molecule has 0 spiro atoms. The lowest BCUT2D eigenvalue weighted by molar-refractivity contribution is 0.107. The van der Waals surface area contributed by atoms with Gasteiger partial charge in [0, 0.05) is 0 Å². The fourth-order valence-corrected chi connectivity index (χ4v) is 2.94. The van der Waals surface area contributed by atoms with Gasteiger partial charge in [0.25, 0.3) is 10.1 Å². The molecule has 0 heterocycles. The molecule has 0 aliphatic heterocycles. The smallest absolute Gasteiger partial charge is 0.260 e. The van der Waals surface area contributed by atoms with Crippen LogP contribution < -0.4 is 0 Å². The van der Waals surface area contributed by atoms with E-state index in [0.29, 0.717) is 6.42 Å². The summed E-state index contributed by atoms with van der Waals surface area (Å²) in [4.78, 5) is 0.215. The number of hydrogen-bond acceptors (Lipinski definition) is 3. The Kier molecular flexibility index (Phi) is 4.33. The zero-order valence-corrected chi connectivity index (χ0v) is 11.7. The molecule has 1 aromatic carbocycles. The van der Waals surface area contributed by atoms with Crippen LogP contribution in [0.1, 0.15) is 39.2 Å². The lowest BCUT2D eigenvalue weighted by atomic mass is 10.0.